The lowest BCUT2D eigenvalue weighted by atomic mass is 9.90. The molecule has 0 bridgehead atoms. The molecule has 1 saturated heterocycles. The molecule has 7 nitrogen and oxygen atoms in total. The van der Waals surface area contributed by atoms with Crippen LogP contribution in [0.3, 0.4) is 0 Å². The van der Waals surface area contributed by atoms with Crippen LogP contribution in [0.5, 0.6) is 0 Å². The molecule has 5 rings (SSSR count). The average Bonchev–Trinajstić information content (AvgIpc) is 3.37. The largest absolute Gasteiger partial charge is 0.342 e. The molecule has 180 valence electrons. The second-order valence-electron chi connectivity index (χ2n) is 9.76. The number of aromatic nitrogens is 4. The molecule has 2 aliphatic heterocycles. The normalized spacial score (nSPS) is 18.5. The van der Waals surface area contributed by atoms with Crippen LogP contribution in [0.15, 0.2) is 42.9 Å². The van der Waals surface area contributed by atoms with Crippen molar-refractivity contribution in [1.29, 1.82) is 0 Å². The van der Waals surface area contributed by atoms with Gasteiger partial charge in [-0.3, -0.25) is 9.48 Å². The highest BCUT2D eigenvalue weighted by Crippen LogP contribution is 2.44. The molecule has 1 amide bonds. The van der Waals surface area contributed by atoms with Crippen LogP contribution in [0, 0.1) is 11.2 Å². The van der Waals surface area contributed by atoms with Crippen molar-refractivity contribution >= 4 is 17.4 Å². The number of carbonyl (C=O) groups excluding carboxylic acids is 1. The van der Waals surface area contributed by atoms with Crippen LogP contribution in [-0.2, 0) is 24.2 Å². The van der Waals surface area contributed by atoms with Crippen molar-refractivity contribution in [3.05, 3.63) is 65.6 Å². The summed E-state index contributed by atoms with van der Waals surface area (Å²) in [6.45, 7) is 8.45. The van der Waals surface area contributed by atoms with Gasteiger partial charge in [0.2, 0.25) is 5.91 Å². The number of hydrogen-bond donors (Lipinski definition) is 0. The summed E-state index contributed by atoms with van der Waals surface area (Å²) in [6, 6.07) is 6.34. The van der Waals surface area contributed by atoms with E-state index in [-0.39, 0.29) is 30.6 Å². The summed E-state index contributed by atoms with van der Waals surface area (Å²) in [5.41, 5.74) is 2.99. The third kappa shape index (κ3) is 4.54. The Hall–Kier alpha value is -3.29. The molecule has 1 atom stereocenters. The number of likely N-dealkylation sites (N-methyl/N-ethyl adjacent to an activating group) is 1. The molecule has 0 unspecified atom stereocenters. The molecule has 3 aromatic rings. The number of hydrogen-bond acceptors (Lipinski definition) is 5. The number of aryl methyl sites for hydroxylation is 2. The Morgan fingerprint density at radius 1 is 1.12 bits per heavy atom. The Morgan fingerprint density at radius 3 is 2.62 bits per heavy atom. The molecule has 8 heteroatoms. The fraction of sp³-hybridized carbons (Fsp3) is 0.462. The summed E-state index contributed by atoms with van der Waals surface area (Å²) in [7, 11) is 0. The molecule has 0 radical (unpaired) electrons. The van der Waals surface area contributed by atoms with E-state index in [0.717, 1.165) is 47.8 Å². The Morgan fingerprint density at radius 2 is 1.88 bits per heavy atom. The minimum atomic E-state index is -0.236. The van der Waals surface area contributed by atoms with E-state index in [1.54, 1.807) is 18.3 Å². The van der Waals surface area contributed by atoms with E-state index < -0.39 is 0 Å². The van der Waals surface area contributed by atoms with E-state index in [9.17, 15) is 9.18 Å². The Kier molecular flexibility index (Phi) is 6.43. The second kappa shape index (κ2) is 9.16. The van der Waals surface area contributed by atoms with Gasteiger partial charge in [0.05, 0.1) is 18.9 Å². The van der Waals surface area contributed by atoms with E-state index in [2.05, 4.69) is 28.8 Å². The van der Waals surface area contributed by atoms with Crippen LogP contribution >= 0.6 is 0 Å². The molecular weight excluding hydrogens is 431 g/mol. The molecule has 0 saturated carbocycles. The fourth-order valence-electron chi connectivity index (χ4n) is 4.92. The van der Waals surface area contributed by atoms with Gasteiger partial charge in [0.1, 0.15) is 23.4 Å². The predicted octanol–water partition coefficient (Wildman–Crippen LogP) is 4.25. The van der Waals surface area contributed by atoms with E-state index >= 15 is 0 Å². The zero-order valence-electron chi connectivity index (χ0n) is 19.3. The summed E-state index contributed by atoms with van der Waals surface area (Å²) in [4.78, 5) is 26.5. The van der Waals surface area contributed by atoms with Gasteiger partial charge in [0, 0.05) is 25.7 Å². The van der Waals surface area contributed by atoms with Crippen molar-refractivity contribution in [3.63, 3.8) is 0 Å². The Bertz CT molecular complexity index is 1170. The van der Waals surface area contributed by atoms with Gasteiger partial charge < -0.3 is 9.80 Å². The third-order valence-corrected chi connectivity index (χ3v) is 6.53. The highest BCUT2D eigenvalue weighted by Gasteiger charge is 2.47. The van der Waals surface area contributed by atoms with Crippen LogP contribution < -0.4 is 9.80 Å². The minimum absolute atomic E-state index is 0. The van der Waals surface area contributed by atoms with Crippen molar-refractivity contribution in [2.45, 2.75) is 60.0 Å². The number of benzene rings is 1. The topological polar surface area (TPSA) is 67.2 Å². The maximum absolute atomic E-state index is 13.1. The molecule has 1 aromatic carbocycles. The van der Waals surface area contributed by atoms with Gasteiger partial charge in [0.25, 0.3) is 0 Å². The lowest BCUT2D eigenvalue weighted by molar-refractivity contribution is -0.120. The first kappa shape index (κ1) is 23.9. The van der Waals surface area contributed by atoms with Crippen molar-refractivity contribution in [2.75, 3.05) is 22.9 Å². The van der Waals surface area contributed by atoms with Crippen molar-refractivity contribution in [3.8, 4) is 0 Å². The number of halogens is 1. The monoisotopic (exact) mass is 464 g/mol. The number of carbonyl (C=O) groups is 1. The van der Waals surface area contributed by atoms with Gasteiger partial charge in [-0.15, -0.1) is 0 Å². The van der Waals surface area contributed by atoms with Gasteiger partial charge in [-0.05, 0) is 48.4 Å². The molecule has 4 heterocycles. The van der Waals surface area contributed by atoms with Gasteiger partial charge >= 0.3 is 0 Å². The van der Waals surface area contributed by atoms with Crippen molar-refractivity contribution in [1.82, 2.24) is 19.7 Å². The molecule has 0 N–H and O–H groups in total. The standard InChI is InChI=1S/C25H29FN6O.CH4/c1-4-31-21-13-27-22(29-23(21)32-16-25(2,3)11-20(32)24(31)33)10-7-18-12-28-30(15-18)14-17-5-8-19(26)9-6-17;/h5-6,8-9,12-13,15,20H,4,7,10-11,14,16H2,1-3H3;1H4/t20-;/m0./s1. The molecule has 2 aromatic heterocycles. The molecule has 1 fully saturated rings. The van der Waals surface area contributed by atoms with Gasteiger partial charge in [-0.25, -0.2) is 14.4 Å². The van der Waals surface area contributed by atoms with E-state index in [1.807, 2.05) is 28.9 Å². The van der Waals surface area contributed by atoms with Crippen LogP contribution in [0.1, 0.15) is 51.6 Å². The van der Waals surface area contributed by atoms with Crippen LogP contribution in [0.25, 0.3) is 0 Å². The Labute approximate surface area is 200 Å². The van der Waals surface area contributed by atoms with Crippen LogP contribution in [0.4, 0.5) is 15.9 Å². The first-order valence-corrected chi connectivity index (χ1v) is 11.5. The molecular formula is C26H33FN6O. The predicted molar refractivity (Wildman–Crippen MR) is 131 cm³/mol. The maximum atomic E-state index is 13.1. The summed E-state index contributed by atoms with van der Waals surface area (Å²) in [5.74, 6) is 1.57. The molecule has 0 spiro atoms. The zero-order chi connectivity index (χ0) is 23.2. The maximum Gasteiger partial charge on any atom is 0.249 e. The van der Waals surface area contributed by atoms with Gasteiger partial charge in [-0.2, -0.15) is 5.10 Å². The van der Waals surface area contributed by atoms with Gasteiger partial charge in [0.15, 0.2) is 5.82 Å². The quantitative estimate of drug-likeness (QED) is 0.546. The highest BCUT2D eigenvalue weighted by atomic mass is 19.1. The SMILES string of the molecule is C.CCN1C(=O)[C@@H]2CC(C)(C)CN2c2nc(CCc3cnn(Cc4ccc(F)cc4)c3)ncc21. The van der Waals surface area contributed by atoms with E-state index in [4.69, 9.17) is 4.98 Å². The van der Waals surface area contributed by atoms with E-state index in [0.29, 0.717) is 19.5 Å². The summed E-state index contributed by atoms with van der Waals surface area (Å²) in [6.07, 6.45) is 7.98. The van der Waals surface area contributed by atoms with E-state index in [1.165, 1.54) is 12.1 Å². The first-order chi connectivity index (χ1) is 15.8. The third-order valence-electron chi connectivity index (χ3n) is 6.53. The lowest BCUT2D eigenvalue weighted by Crippen LogP contribution is -2.51. The molecule has 0 aliphatic carbocycles. The van der Waals surface area contributed by atoms with Crippen LogP contribution in [0.2, 0.25) is 0 Å². The summed E-state index contributed by atoms with van der Waals surface area (Å²) < 4.78 is 15.0. The minimum Gasteiger partial charge on any atom is -0.342 e. The lowest BCUT2D eigenvalue weighted by Gasteiger charge is -2.37. The number of anilines is 2. The summed E-state index contributed by atoms with van der Waals surface area (Å²) in [5, 5.41) is 4.43. The smallest absolute Gasteiger partial charge is 0.249 e. The van der Waals surface area contributed by atoms with Crippen molar-refractivity contribution < 1.29 is 9.18 Å². The fourth-order valence-corrected chi connectivity index (χ4v) is 4.92. The number of fused-ring (bicyclic) bond motifs is 3. The van der Waals surface area contributed by atoms with Gasteiger partial charge in [-0.1, -0.05) is 33.4 Å². The van der Waals surface area contributed by atoms with Crippen molar-refractivity contribution in [2.24, 2.45) is 5.41 Å². The Balaban J connectivity index is 0.00000274. The first-order valence-electron chi connectivity index (χ1n) is 11.5. The molecule has 2 aliphatic rings. The average molecular weight is 465 g/mol. The molecule has 34 heavy (non-hydrogen) atoms. The highest BCUT2D eigenvalue weighted by molar-refractivity contribution is 6.05. The number of rotatable bonds is 6. The number of nitrogens with zero attached hydrogens (tertiary/aromatic N) is 6. The zero-order valence-corrected chi connectivity index (χ0v) is 19.3. The number of amides is 1. The van der Waals surface area contributed by atoms with Crippen LogP contribution in [-0.4, -0.2) is 44.8 Å². The summed E-state index contributed by atoms with van der Waals surface area (Å²) >= 11 is 0. The second-order valence-corrected chi connectivity index (χ2v) is 9.76.